The van der Waals surface area contributed by atoms with Gasteiger partial charge >= 0.3 is 0 Å². The van der Waals surface area contributed by atoms with Crippen molar-refractivity contribution in [3.8, 4) is 5.75 Å². The van der Waals surface area contributed by atoms with E-state index in [-0.39, 0.29) is 5.54 Å². The van der Waals surface area contributed by atoms with Gasteiger partial charge in [0.15, 0.2) is 5.82 Å². The maximum atomic E-state index is 5.82. The molecule has 0 bridgehead atoms. The van der Waals surface area contributed by atoms with Crippen molar-refractivity contribution in [2.24, 2.45) is 0 Å². The second kappa shape index (κ2) is 6.48. The third kappa shape index (κ3) is 4.63. The van der Waals surface area contributed by atoms with Gasteiger partial charge in [0.25, 0.3) is 0 Å². The monoisotopic (exact) mass is 271 g/mol. The van der Waals surface area contributed by atoms with E-state index in [1.165, 1.54) is 0 Å². The normalized spacial score (nSPS) is 11.3. The average Bonchev–Trinajstić information content (AvgIpc) is 2.44. The summed E-state index contributed by atoms with van der Waals surface area (Å²) in [4.78, 5) is 8.31. The number of nitrogens with zero attached hydrogens (tertiary/aromatic N) is 2. The van der Waals surface area contributed by atoms with Crippen LogP contribution in [0.5, 0.6) is 5.75 Å². The summed E-state index contributed by atoms with van der Waals surface area (Å²) in [6.45, 7) is 7.60. The molecule has 1 N–H and O–H groups in total. The van der Waals surface area contributed by atoms with Crippen LogP contribution in [-0.4, -0.2) is 15.5 Å². The number of rotatable bonds is 5. The molecule has 2 aromatic rings. The molecule has 0 fully saturated rings. The Bertz CT molecular complexity index is 535. The zero-order chi connectivity index (χ0) is 14.4. The fraction of sp³-hybridized carbons (Fsp3) is 0.375. The molecule has 1 aromatic carbocycles. The summed E-state index contributed by atoms with van der Waals surface area (Å²) in [7, 11) is 0. The molecule has 0 aliphatic rings. The second-order valence-corrected chi connectivity index (χ2v) is 5.66. The van der Waals surface area contributed by atoms with Crippen LogP contribution in [0.3, 0.4) is 0 Å². The maximum Gasteiger partial charge on any atom is 0.166 e. The van der Waals surface area contributed by atoms with Crippen LogP contribution in [0, 0.1) is 0 Å². The lowest BCUT2D eigenvalue weighted by Gasteiger charge is -2.21. The Morgan fingerprint density at radius 1 is 1.05 bits per heavy atom. The molecule has 0 atom stereocenters. The van der Waals surface area contributed by atoms with Gasteiger partial charge in [0.2, 0.25) is 0 Å². The predicted molar refractivity (Wildman–Crippen MR) is 79.4 cm³/mol. The van der Waals surface area contributed by atoms with Crippen LogP contribution in [0.25, 0.3) is 0 Å². The number of ether oxygens (including phenoxy) is 1. The largest absolute Gasteiger partial charge is 0.485 e. The van der Waals surface area contributed by atoms with Crippen LogP contribution in [0.4, 0.5) is 0 Å². The first-order chi connectivity index (χ1) is 9.54. The molecule has 0 radical (unpaired) electrons. The summed E-state index contributed by atoms with van der Waals surface area (Å²) in [6.07, 6.45) is 3.44. The molecule has 1 aromatic heterocycles. The zero-order valence-corrected chi connectivity index (χ0v) is 12.3. The van der Waals surface area contributed by atoms with E-state index >= 15 is 0 Å². The van der Waals surface area contributed by atoms with Crippen LogP contribution in [0.1, 0.15) is 32.2 Å². The molecular formula is C16H21N3O. The molecule has 4 nitrogen and oxygen atoms in total. The Balaban J connectivity index is 2.01. The standard InChI is InChI=1S/C16H21N3O/c1-16(2,3)19-11-13-7-4-5-8-14(13)20-12-15-17-9-6-10-18-15/h4-10,19H,11-12H2,1-3H3. The smallest absolute Gasteiger partial charge is 0.166 e. The number of para-hydroxylation sites is 1. The van der Waals surface area contributed by atoms with Crippen molar-refractivity contribution in [3.05, 3.63) is 54.1 Å². The van der Waals surface area contributed by atoms with E-state index in [2.05, 4.69) is 42.1 Å². The van der Waals surface area contributed by atoms with Gasteiger partial charge < -0.3 is 10.1 Å². The molecule has 4 heteroatoms. The van der Waals surface area contributed by atoms with E-state index in [0.717, 1.165) is 17.9 Å². The number of nitrogens with one attached hydrogen (secondary N) is 1. The van der Waals surface area contributed by atoms with Crippen molar-refractivity contribution < 1.29 is 4.74 Å². The highest BCUT2D eigenvalue weighted by molar-refractivity contribution is 5.33. The number of benzene rings is 1. The van der Waals surface area contributed by atoms with E-state index in [0.29, 0.717) is 12.4 Å². The fourth-order valence-electron chi connectivity index (χ4n) is 1.70. The van der Waals surface area contributed by atoms with Gasteiger partial charge in [0.05, 0.1) is 0 Å². The molecule has 106 valence electrons. The SMILES string of the molecule is CC(C)(C)NCc1ccccc1OCc1ncccn1. The Hall–Kier alpha value is -1.94. The third-order valence-electron chi connectivity index (χ3n) is 2.76. The van der Waals surface area contributed by atoms with Crippen molar-refractivity contribution in [1.29, 1.82) is 0 Å². The molecule has 0 aliphatic carbocycles. The topological polar surface area (TPSA) is 47.0 Å². The van der Waals surface area contributed by atoms with Gasteiger partial charge in [-0.3, -0.25) is 0 Å². The Kier molecular flexibility index (Phi) is 4.69. The molecule has 1 heterocycles. The molecule has 20 heavy (non-hydrogen) atoms. The lowest BCUT2D eigenvalue weighted by Crippen LogP contribution is -2.35. The van der Waals surface area contributed by atoms with Crippen molar-refractivity contribution in [1.82, 2.24) is 15.3 Å². The highest BCUT2D eigenvalue weighted by Gasteiger charge is 2.11. The molecule has 0 amide bonds. The molecule has 0 saturated carbocycles. The van der Waals surface area contributed by atoms with Crippen LogP contribution in [0.15, 0.2) is 42.7 Å². The summed E-state index contributed by atoms with van der Waals surface area (Å²) < 4.78 is 5.82. The van der Waals surface area contributed by atoms with Crippen molar-refractivity contribution >= 4 is 0 Å². The maximum absolute atomic E-state index is 5.82. The number of hydrogen-bond donors (Lipinski definition) is 1. The second-order valence-electron chi connectivity index (χ2n) is 5.66. The van der Waals surface area contributed by atoms with Crippen molar-refractivity contribution in [3.63, 3.8) is 0 Å². The van der Waals surface area contributed by atoms with Crippen LogP contribution >= 0.6 is 0 Å². The lowest BCUT2D eigenvalue weighted by atomic mass is 10.1. The summed E-state index contributed by atoms with van der Waals surface area (Å²) >= 11 is 0. The first-order valence-corrected chi connectivity index (χ1v) is 6.76. The van der Waals surface area contributed by atoms with Gasteiger partial charge in [-0.2, -0.15) is 0 Å². The van der Waals surface area contributed by atoms with E-state index < -0.39 is 0 Å². The van der Waals surface area contributed by atoms with E-state index in [1.807, 2.05) is 18.2 Å². The molecule has 2 rings (SSSR count). The van der Waals surface area contributed by atoms with Crippen LogP contribution < -0.4 is 10.1 Å². The van der Waals surface area contributed by atoms with Gasteiger partial charge in [-0.1, -0.05) is 18.2 Å². The minimum absolute atomic E-state index is 0.0790. The van der Waals surface area contributed by atoms with Gasteiger partial charge in [0.1, 0.15) is 12.4 Å². The molecule has 0 spiro atoms. The minimum Gasteiger partial charge on any atom is -0.485 e. The first kappa shape index (κ1) is 14.5. The lowest BCUT2D eigenvalue weighted by molar-refractivity contribution is 0.290. The predicted octanol–water partition coefficient (Wildman–Crippen LogP) is 2.94. The highest BCUT2D eigenvalue weighted by Crippen LogP contribution is 2.19. The van der Waals surface area contributed by atoms with E-state index in [4.69, 9.17) is 4.74 Å². The average molecular weight is 271 g/mol. The molecule has 0 unspecified atom stereocenters. The van der Waals surface area contributed by atoms with Gasteiger partial charge in [-0.25, -0.2) is 9.97 Å². The van der Waals surface area contributed by atoms with Gasteiger partial charge in [-0.05, 0) is 32.9 Å². The minimum atomic E-state index is 0.0790. The van der Waals surface area contributed by atoms with Crippen molar-refractivity contribution in [2.75, 3.05) is 0 Å². The Labute approximate surface area is 120 Å². The van der Waals surface area contributed by atoms with Gasteiger partial charge in [0, 0.05) is 30.0 Å². The van der Waals surface area contributed by atoms with Crippen molar-refractivity contribution in [2.45, 2.75) is 39.5 Å². The summed E-state index contributed by atoms with van der Waals surface area (Å²) in [5.74, 6) is 1.56. The van der Waals surface area contributed by atoms with Gasteiger partial charge in [-0.15, -0.1) is 0 Å². The number of hydrogen-bond acceptors (Lipinski definition) is 4. The molecule has 0 saturated heterocycles. The van der Waals surface area contributed by atoms with E-state index in [9.17, 15) is 0 Å². The fourth-order valence-corrected chi connectivity index (χ4v) is 1.70. The highest BCUT2D eigenvalue weighted by atomic mass is 16.5. The Morgan fingerprint density at radius 2 is 1.75 bits per heavy atom. The summed E-state index contributed by atoms with van der Waals surface area (Å²) in [5.41, 5.74) is 1.22. The van der Waals surface area contributed by atoms with E-state index in [1.54, 1.807) is 18.5 Å². The zero-order valence-electron chi connectivity index (χ0n) is 12.3. The summed E-state index contributed by atoms with van der Waals surface area (Å²) in [5, 5.41) is 3.47. The summed E-state index contributed by atoms with van der Waals surface area (Å²) in [6, 6.07) is 9.83. The third-order valence-corrected chi connectivity index (χ3v) is 2.76. The molecule has 0 aliphatic heterocycles. The quantitative estimate of drug-likeness (QED) is 0.908. The molecular weight excluding hydrogens is 250 g/mol. The Morgan fingerprint density at radius 3 is 2.45 bits per heavy atom. The number of aromatic nitrogens is 2. The van der Waals surface area contributed by atoms with Crippen LogP contribution in [0.2, 0.25) is 0 Å². The van der Waals surface area contributed by atoms with Crippen LogP contribution in [-0.2, 0) is 13.2 Å². The first-order valence-electron chi connectivity index (χ1n) is 6.76.